The highest BCUT2D eigenvalue weighted by molar-refractivity contribution is 5.38. The molecule has 0 bridgehead atoms. The van der Waals surface area contributed by atoms with E-state index in [-0.39, 0.29) is 5.48 Å². The summed E-state index contributed by atoms with van der Waals surface area (Å²) in [6, 6.07) is 7.79. The third kappa shape index (κ3) is 2.15. The minimum absolute atomic E-state index is 0. The Balaban J connectivity index is 0.000000640. The van der Waals surface area contributed by atoms with Gasteiger partial charge in [0, 0.05) is 5.69 Å². The van der Waals surface area contributed by atoms with Crippen molar-refractivity contribution in [3.8, 4) is 0 Å². The van der Waals surface area contributed by atoms with Crippen LogP contribution in [0, 0.1) is 6.92 Å². The molecule has 0 aromatic heterocycles. The van der Waals surface area contributed by atoms with E-state index < -0.39 is 0 Å². The summed E-state index contributed by atoms with van der Waals surface area (Å²) in [5.74, 6) is 0. The topological polar surface area (TPSA) is 57.5 Å². The third-order valence-electron chi connectivity index (χ3n) is 1.08. The van der Waals surface area contributed by atoms with Crippen LogP contribution in [0.1, 0.15) is 5.56 Å². The molecule has 4 N–H and O–H groups in total. The summed E-state index contributed by atoms with van der Waals surface area (Å²) in [7, 11) is 0. The Morgan fingerprint density at radius 2 is 1.56 bits per heavy atom. The zero-order chi connectivity index (χ0) is 5.98. The molecule has 1 aromatic carbocycles. The molecule has 9 heavy (non-hydrogen) atoms. The standard InChI is InChI=1S/C7H9N.H2O/c1-6-2-4-7(8)5-3-6;/h2-5H,8H2,1H3;1H2. The Kier molecular flexibility index (Phi) is 2.74. The van der Waals surface area contributed by atoms with Gasteiger partial charge in [-0.25, -0.2) is 0 Å². The molecular weight excluding hydrogens is 114 g/mol. The predicted molar refractivity (Wildman–Crippen MR) is 39.2 cm³/mol. The zero-order valence-corrected chi connectivity index (χ0v) is 5.39. The van der Waals surface area contributed by atoms with Gasteiger partial charge in [0.05, 0.1) is 0 Å². The fraction of sp³-hybridized carbons (Fsp3) is 0.143. The fourth-order valence-electron chi connectivity index (χ4n) is 0.566. The van der Waals surface area contributed by atoms with Crippen LogP contribution in [0.2, 0.25) is 0 Å². The lowest BCUT2D eigenvalue weighted by atomic mass is 10.2. The number of anilines is 1. The first-order valence-electron chi connectivity index (χ1n) is 2.61. The smallest absolute Gasteiger partial charge is 0.0314 e. The van der Waals surface area contributed by atoms with Crippen LogP contribution in [0.15, 0.2) is 24.3 Å². The van der Waals surface area contributed by atoms with Gasteiger partial charge in [-0.2, -0.15) is 0 Å². The van der Waals surface area contributed by atoms with Crippen molar-refractivity contribution in [3.05, 3.63) is 29.8 Å². The summed E-state index contributed by atoms with van der Waals surface area (Å²) in [6.45, 7) is 2.04. The van der Waals surface area contributed by atoms with Gasteiger partial charge in [0.15, 0.2) is 0 Å². The fourth-order valence-corrected chi connectivity index (χ4v) is 0.566. The second-order valence-corrected chi connectivity index (χ2v) is 1.91. The SMILES string of the molecule is Cc1ccc(N)cc1.O. The Labute approximate surface area is 54.6 Å². The average molecular weight is 125 g/mol. The Morgan fingerprint density at radius 1 is 1.11 bits per heavy atom. The van der Waals surface area contributed by atoms with Crippen LogP contribution in [0.4, 0.5) is 5.69 Å². The normalized spacial score (nSPS) is 8.11. The predicted octanol–water partition coefficient (Wildman–Crippen LogP) is 0.753. The first kappa shape index (κ1) is 7.98. The van der Waals surface area contributed by atoms with Crippen LogP contribution in [0.25, 0.3) is 0 Å². The van der Waals surface area contributed by atoms with E-state index in [4.69, 9.17) is 5.73 Å². The van der Waals surface area contributed by atoms with Gasteiger partial charge in [0.1, 0.15) is 0 Å². The van der Waals surface area contributed by atoms with Crippen molar-refractivity contribution in [3.63, 3.8) is 0 Å². The quantitative estimate of drug-likeness (QED) is 0.511. The van der Waals surface area contributed by atoms with Crippen molar-refractivity contribution in [2.45, 2.75) is 6.92 Å². The molecule has 0 spiro atoms. The van der Waals surface area contributed by atoms with Gasteiger partial charge in [0.25, 0.3) is 0 Å². The largest absolute Gasteiger partial charge is 0.412 e. The van der Waals surface area contributed by atoms with Crippen LogP contribution in [0.3, 0.4) is 0 Å². The molecule has 1 aromatic rings. The minimum atomic E-state index is 0. The Bertz CT molecular complexity index is 148. The minimum Gasteiger partial charge on any atom is -0.412 e. The van der Waals surface area contributed by atoms with Gasteiger partial charge in [-0.15, -0.1) is 0 Å². The summed E-state index contributed by atoms with van der Waals surface area (Å²) in [4.78, 5) is 0. The molecule has 0 saturated carbocycles. The monoisotopic (exact) mass is 125 g/mol. The molecule has 2 heteroatoms. The van der Waals surface area contributed by atoms with Crippen LogP contribution in [-0.4, -0.2) is 5.48 Å². The van der Waals surface area contributed by atoms with E-state index in [1.54, 1.807) is 0 Å². The number of aryl methyl sites for hydroxylation is 1. The molecule has 50 valence electrons. The maximum atomic E-state index is 5.43. The van der Waals surface area contributed by atoms with Crippen molar-refractivity contribution < 1.29 is 5.48 Å². The summed E-state index contributed by atoms with van der Waals surface area (Å²) < 4.78 is 0. The van der Waals surface area contributed by atoms with Crippen LogP contribution in [-0.2, 0) is 0 Å². The van der Waals surface area contributed by atoms with Crippen molar-refractivity contribution in [1.29, 1.82) is 0 Å². The van der Waals surface area contributed by atoms with Gasteiger partial charge in [-0.05, 0) is 19.1 Å². The maximum absolute atomic E-state index is 5.43. The number of hydrogen-bond donors (Lipinski definition) is 1. The Morgan fingerprint density at radius 3 is 1.89 bits per heavy atom. The zero-order valence-electron chi connectivity index (χ0n) is 5.39. The lowest BCUT2D eigenvalue weighted by Crippen LogP contribution is -1.81. The van der Waals surface area contributed by atoms with E-state index in [0.717, 1.165) is 5.69 Å². The van der Waals surface area contributed by atoms with Gasteiger partial charge in [-0.1, -0.05) is 17.7 Å². The highest BCUT2D eigenvalue weighted by atomic mass is 16.0. The van der Waals surface area contributed by atoms with Crippen molar-refractivity contribution in [2.75, 3.05) is 5.73 Å². The molecular formula is C7H11NO. The maximum Gasteiger partial charge on any atom is 0.0314 e. The average Bonchev–Trinajstić information content (AvgIpc) is 1.77. The summed E-state index contributed by atoms with van der Waals surface area (Å²) in [5, 5.41) is 0. The van der Waals surface area contributed by atoms with Gasteiger partial charge < -0.3 is 11.2 Å². The molecule has 0 radical (unpaired) electrons. The highest BCUT2D eigenvalue weighted by Crippen LogP contribution is 2.02. The van der Waals surface area contributed by atoms with Crippen LogP contribution in [0.5, 0.6) is 0 Å². The molecule has 0 fully saturated rings. The number of nitrogen functional groups attached to an aromatic ring is 1. The molecule has 2 nitrogen and oxygen atoms in total. The molecule has 0 aliphatic heterocycles. The van der Waals surface area contributed by atoms with E-state index in [9.17, 15) is 0 Å². The number of hydrogen-bond acceptors (Lipinski definition) is 1. The second kappa shape index (κ2) is 3.10. The van der Waals surface area contributed by atoms with Crippen molar-refractivity contribution in [1.82, 2.24) is 0 Å². The van der Waals surface area contributed by atoms with Gasteiger partial charge in [-0.3, -0.25) is 0 Å². The summed E-state index contributed by atoms with van der Waals surface area (Å²) >= 11 is 0. The number of benzene rings is 1. The summed E-state index contributed by atoms with van der Waals surface area (Å²) in [5.41, 5.74) is 7.51. The van der Waals surface area contributed by atoms with Crippen molar-refractivity contribution >= 4 is 5.69 Å². The van der Waals surface area contributed by atoms with E-state index in [1.807, 2.05) is 31.2 Å². The van der Waals surface area contributed by atoms with E-state index >= 15 is 0 Å². The molecule has 1 rings (SSSR count). The Hall–Kier alpha value is -1.02. The summed E-state index contributed by atoms with van der Waals surface area (Å²) in [6.07, 6.45) is 0. The molecule has 0 heterocycles. The van der Waals surface area contributed by atoms with Gasteiger partial charge >= 0.3 is 0 Å². The molecule has 0 amide bonds. The first-order valence-corrected chi connectivity index (χ1v) is 2.61. The van der Waals surface area contributed by atoms with E-state index in [0.29, 0.717) is 0 Å². The lowest BCUT2D eigenvalue weighted by molar-refractivity contribution is 0.824. The van der Waals surface area contributed by atoms with E-state index in [2.05, 4.69) is 0 Å². The first-order chi connectivity index (χ1) is 3.79. The van der Waals surface area contributed by atoms with Crippen molar-refractivity contribution in [2.24, 2.45) is 0 Å². The molecule has 0 aliphatic carbocycles. The van der Waals surface area contributed by atoms with E-state index in [1.165, 1.54) is 5.56 Å². The highest BCUT2D eigenvalue weighted by Gasteiger charge is 1.80. The van der Waals surface area contributed by atoms with Crippen LogP contribution >= 0.6 is 0 Å². The molecule has 0 aliphatic rings. The van der Waals surface area contributed by atoms with Gasteiger partial charge in [0.2, 0.25) is 0 Å². The molecule has 0 unspecified atom stereocenters. The molecule has 0 atom stereocenters. The van der Waals surface area contributed by atoms with Crippen LogP contribution < -0.4 is 5.73 Å². The lowest BCUT2D eigenvalue weighted by Gasteiger charge is -1.90. The molecule has 0 saturated heterocycles. The third-order valence-corrected chi connectivity index (χ3v) is 1.08. The number of rotatable bonds is 0. The number of nitrogens with two attached hydrogens (primary N) is 1. The second-order valence-electron chi connectivity index (χ2n) is 1.91.